The quantitative estimate of drug-likeness (QED) is 0.708. The molecule has 112 valence electrons. The fraction of sp³-hybridized carbons (Fsp3) is 1.00. The Labute approximate surface area is 120 Å². The lowest BCUT2D eigenvalue weighted by Crippen LogP contribution is -2.44. The normalized spacial score (nSPS) is 41.2. The third-order valence-corrected chi connectivity index (χ3v) is 5.84. The molecule has 5 atom stereocenters. The summed E-state index contributed by atoms with van der Waals surface area (Å²) in [5.74, 6) is 3.70. The van der Waals surface area contributed by atoms with E-state index in [0.29, 0.717) is 0 Å². The molecule has 1 nitrogen and oxygen atoms in total. The molecule has 2 aliphatic carbocycles. The molecule has 0 bridgehead atoms. The molecule has 19 heavy (non-hydrogen) atoms. The number of hydrogen-bond acceptors (Lipinski definition) is 1. The van der Waals surface area contributed by atoms with Crippen molar-refractivity contribution in [3.63, 3.8) is 0 Å². The zero-order valence-electron chi connectivity index (χ0n) is 13.6. The third kappa shape index (κ3) is 4.48. The van der Waals surface area contributed by atoms with E-state index in [1.54, 1.807) is 0 Å². The number of rotatable bonds is 3. The van der Waals surface area contributed by atoms with Gasteiger partial charge in [-0.25, -0.2) is 0 Å². The molecule has 0 aliphatic heterocycles. The highest BCUT2D eigenvalue weighted by molar-refractivity contribution is 4.85. The Bertz CT molecular complexity index is 260. The summed E-state index contributed by atoms with van der Waals surface area (Å²) >= 11 is 0. The molecule has 0 aromatic carbocycles. The molecule has 0 radical (unpaired) electrons. The molecule has 5 unspecified atom stereocenters. The summed E-state index contributed by atoms with van der Waals surface area (Å²) in [5, 5.41) is 4.03. The van der Waals surface area contributed by atoms with Gasteiger partial charge in [0.1, 0.15) is 0 Å². The fourth-order valence-corrected chi connectivity index (χ4v) is 4.38. The van der Waals surface area contributed by atoms with Gasteiger partial charge in [0.25, 0.3) is 0 Å². The molecular formula is C18H35N. The van der Waals surface area contributed by atoms with E-state index >= 15 is 0 Å². The van der Waals surface area contributed by atoms with Crippen LogP contribution in [0.1, 0.15) is 79.1 Å². The second kappa shape index (κ2) is 7.11. The van der Waals surface area contributed by atoms with Crippen molar-refractivity contribution < 1.29 is 0 Å². The van der Waals surface area contributed by atoms with Crippen LogP contribution in [0, 0.1) is 23.7 Å². The Balaban J connectivity index is 1.79. The van der Waals surface area contributed by atoms with Gasteiger partial charge >= 0.3 is 0 Å². The van der Waals surface area contributed by atoms with Crippen molar-refractivity contribution in [1.82, 2.24) is 5.32 Å². The molecule has 0 spiro atoms. The van der Waals surface area contributed by atoms with Gasteiger partial charge < -0.3 is 5.32 Å². The van der Waals surface area contributed by atoms with Gasteiger partial charge in [0.2, 0.25) is 0 Å². The van der Waals surface area contributed by atoms with Crippen LogP contribution in [-0.2, 0) is 0 Å². The Morgan fingerprint density at radius 1 is 0.895 bits per heavy atom. The van der Waals surface area contributed by atoms with E-state index in [1.165, 1.54) is 51.4 Å². The van der Waals surface area contributed by atoms with Crippen molar-refractivity contribution in [3.8, 4) is 0 Å². The van der Waals surface area contributed by atoms with E-state index in [2.05, 4.69) is 33.0 Å². The van der Waals surface area contributed by atoms with Crippen molar-refractivity contribution in [1.29, 1.82) is 0 Å². The lowest BCUT2D eigenvalue weighted by atomic mass is 9.79. The monoisotopic (exact) mass is 265 g/mol. The van der Waals surface area contributed by atoms with Gasteiger partial charge in [0.15, 0.2) is 0 Å². The van der Waals surface area contributed by atoms with E-state index in [1.807, 2.05) is 0 Å². The van der Waals surface area contributed by atoms with Crippen molar-refractivity contribution in [2.75, 3.05) is 0 Å². The van der Waals surface area contributed by atoms with Crippen LogP contribution in [0.15, 0.2) is 0 Å². The summed E-state index contributed by atoms with van der Waals surface area (Å²) in [4.78, 5) is 0. The van der Waals surface area contributed by atoms with Crippen molar-refractivity contribution in [2.24, 2.45) is 23.7 Å². The zero-order chi connectivity index (χ0) is 13.8. The minimum absolute atomic E-state index is 0.803. The highest BCUT2D eigenvalue weighted by Crippen LogP contribution is 2.32. The van der Waals surface area contributed by atoms with Crippen LogP contribution in [-0.4, -0.2) is 12.1 Å². The van der Waals surface area contributed by atoms with Gasteiger partial charge in [-0.1, -0.05) is 40.5 Å². The van der Waals surface area contributed by atoms with E-state index in [4.69, 9.17) is 0 Å². The van der Waals surface area contributed by atoms with Gasteiger partial charge in [0, 0.05) is 12.1 Å². The minimum atomic E-state index is 0.803. The lowest BCUT2D eigenvalue weighted by Gasteiger charge is -2.36. The molecule has 0 heterocycles. The molecule has 2 rings (SSSR count). The minimum Gasteiger partial charge on any atom is -0.311 e. The maximum absolute atomic E-state index is 4.03. The standard InChI is InChI=1S/C18H35N/c1-13(2)16-6-5-7-17(10-9-16)19-18-11-8-14(3)12-15(18)4/h13-19H,5-12H2,1-4H3. The largest absolute Gasteiger partial charge is 0.311 e. The highest BCUT2D eigenvalue weighted by Gasteiger charge is 2.28. The SMILES string of the molecule is CC1CCC(NC2CCCC(C(C)C)CC2)C(C)C1. The van der Waals surface area contributed by atoms with Crippen LogP contribution in [0.3, 0.4) is 0 Å². The lowest BCUT2D eigenvalue weighted by molar-refractivity contribution is 0.207. The van der Waals surface area contributed by atoms with E-state index in [-0.39, 0.29) is 0 Å². The van der Waals surface area contributed by atoms with Crippen LogP contribution in [0.2, 0.25) is 0 Å². The average Bonchev–Trinajstić information content (AvgIpc) is 2.58. The summed E-state index contributed by atoms with van der Waals surface area (Å²) in [6.45, 7) is 9.69. The highest BCUT2D eigenvalue weighted by atomic mass is 15.0. The maximum atomic E-state index is 4.03. The first-order chi connectivity index (χ1) is 9.06. The van der Waals surface area contributed by atoms with Crippen LogP contribution in [0.5, 0.6) is 0 Å². The first-order valence-electron chi connectivity index (χ1n) is 8.82. The number of nitrogens with one attached hydrogen (secondary N) is 1. The van der Waals surface area contributed by atoms with Crippen molar-refractivity contribution in [2.45, 2.75) is 91.1 Å². The molecule has 1 N–H and O–H groups in total. The molecule has 0 aromatic rings. The van der Waals surface area contributed by atoms with Gasteiger partial charge in [0.05, 0.1) is 0 Å². The predicted octanol–water partition coefficient (Wildman–Crippen LogP) is 5.01. The summed E-state index contributed by atoms with van der Waals surface area (Å²) in [6.07, 6.45) is 11.5. The Hall–Kier alpha value is -0.0400. The van der Waals surface area contributed by atoms with Gasteiger partial charge in [-0.2, -0.15) is 0 Å². The smallest absolute Gasteiger partial charge is 0.00954 e. The second-order valence-electron chi connectivity index (χ2n) is 7.88. The summed E-state index contributed by atoms with van der Waals surface area (Å²) in [6, 6.07) is 1.61. The maximum Gasteiger partial charge on any atom is 0.00954 e. The zero-order valence-corrected chi connectivity index (χ0v) is 13.6. The summed E-state index contributed by atoms with van der Waals surface area (Å²) < 4.78 is 0. The second-order valence-corrected chi connectivity index (χ2v) is 7.88. The van der Waals surface area contributed by atoms with E-state index in [0.717, 1.165) is 35.8 Å². The van der Waals surface area contributed by atoms with Gasteiger partial charge in [-0.3, -0.25) is 0 Å². The fourth-order valence-electron chi connectivity index (χ4n) is 4.38. The van der Waals surface area contributed by atoms with Crippen LogP contribution >= 0.6 is 0 Å². The Morgan fingerprint density at radius 2 is 1.68 bits per heavy atom. The summed E-state index contributed by atoms with van der Waals surface area (Å²) in [7, 11) is 0. The molecule has 0 aromatic heterocycles. The van der Waals surface area contributed by atoms with E-state index < -0.39 is 0 Å². The molecule has 2 fully saturated rings. The van der Waals surface area contributed by atoms with Crippen molar-refractivity contribution >= 4 is 0 Å². The Kier molecular flexibility index (Phi) is 5.74. The molecule has 2 aliphatic rings. The molecule has 1 heteroatoms. The van der Waals surface area contributed by atoms with E-state index in [9.17, 15) is 0 Å². The van der Waals surface area contributed by atoms with Crippen LogP contribution in [0.25, 0.3) is 0 Å². The first kappa shape index (κ1) is 15.4. The number of hydrogen-bond donors (Lipinski definition) is 1. The average molecular weight is 265 g/mol. The molecule has 0 amide bonds. The third-order valence-electron chi connectivity index (χ3n) is 5.84. The predicted molar refractivity (Wildman–Crippen MR) is 84.3 cm³/mol. The summed E-state index contributed by atoms with van der Waals surface area (Å²) in [5.41, 5.74) is 0. The first-order valence-corrected chi connectivity index (χ1v) is 8.82. The molecular weight excluding hydrogens is 230 g/mol. The van der Waals surface area contributed by atoms with Crippen LogP contribution in [0.4, 0.5) is 0 Å². The topological polar surface area (TPSA) is 12.0 Å². The van der Waals surface area contributed by atoms with Gasteiger partial charge in [-0.15, -0.1) is 0 Å². The Morgan fingerprint density at radius 3 is 2.37 bits per heavy atom. The molecule has 2 saturated carbocycles. The molecule has 0 saturated heterocycles. The van der Waals surface area contributed by atoms with Crippen molar-refractivity contribution in [3.05, 3.63) is 0 Å². The van der Waals surface area contributed by atoms with Crippen LogP contribution < -0.4 is 5.32 Å². The van der Waals surface area contributed by atoms with Gasteiger partial charge in [-0.05, 0) is 62.2 Å².